The molecule has 8 nitrogen and oxygen atoms in total. The molecule has 0 aliphatic carbocycles. The third-order valence-electron chi connectivity index (χ3n) is 5.50. The molecule has 2 atom stereocenters. The first-order valence-electron chi connectivity index (χ1n) is 9.99. The molecule has 0 spiro atoms. The lowest BCUT2D eigenvalue weighted by molar-refractivity contribution is -0.126. The van der Waals surface area contributed by atoms with Crippen molar-refractivity contribution in [3.63, 3.8) is 0 Å². The number of nitrogens with one attached hydrogen (secondary N) is 2. The fraction of sp³-hybridized carbons (Fsp3) is 0.737. The summed E-state index contributed by atoms with van der Waals surface area (Å²) < 4.78 is 7.24. The van der Waals surface area contributed by atoms with E-state index in [1.165, 1.54) is 0 Å². The lowest BCUT2D eigenvalue weighted by Gasteiger charge is -2.34. The normalized spacial score (nSPS) is 24.1. The minimum Gasteiger partial charge on any atom is -0.381 e. The van der Waals surface area contributed by atoms with Crippen molar-refractivity contribution in [2.24, 2.45) is 0 Å². The average molecular weight is 377 g/mol. The fourth-order valence-electron chi connectivity index (χ4n) is 4.10. The molecule has 27 heavy (non-hydrogen) atoms. The highest BCUT2D eigenvalue weighted by Gasteiger charge is 2.41. The SMILES string of the molecule is CCNC(=O)[C@@H]1C[C@H](NC(=O)c2cn(CC)nc2C)CN1C1CCOCC1. The van der Waals surface area contributed by atoms with Gasteiger partial charge in [0.15, 0.2) is 0 Å². The number of ether oxygens (including phenoxy) is 1. The van der Waals surface area contributed by atoms with Gasteiger partial charge in [-0.15, -0.1) is 0 Å². The van der Waals surface area contributed by atoms with Crippen molar-refractivity contribution in [3.8, 4) is 0 Å². The highest BCUT2D eigenvalue weighted by atomic mass is 16.5. The van der Waals surface area contributed by atoms with Crippen LogP contribution in [-0.2, 0) is 16.1 Å². The summed E-state index contributed by atoms with van der Waals surface area (Å²) in [6.45, 7) is 9.27. The van der Waals surface area contributed by atoms with Crippen LogP contribution in [-0.4, -0.2) is 70.9 Å². The Morgan fingerprint density at radius 1 is 1.30 bits per heavy atom. The van der Waals surface area contributed by atoms with E-state index < -0.39 is 0 Å². The molecule has 3 rings (SSSR count). The van der Waals surface area contributed by atoms with Crippen LogP contribution in [0.5, 0.6) is 0 Å². The van der Waals surface area contributed by atoms with E-state index in [1.807, 2.05) is 20.8 Å². The third-order valence-corrected chi connectivity index (χ3v) is 5.50. The van der Waals surface area contributed by atoms with Crippen LogP contribution in [0.25, 0.3) is 0 Å². The van der Waals surface area contributed by atoms with Gasteiger partial charge in [-0.2, -0.15) is 5.10 Å². The number of aromatic nitrogens is 2. The van der Waals surface area contributed by atoms with Crippen LogP contribution in [0.3, 0.4) is 0 Å². The second kappa shape index (κ2) is 8.84. The molecule has 8 heteroatoms. The van der Waals surface area contributed by atoms with E-state index in [2.05, 4.69) is 20.6 Å². The first-order valence-corrected chi connectivity index (χ1v) is 9.99. The summed E-state index contributed by atoms with van der Waals surface area (Å²) in [4.78, 5) is 27.6. The number of likely N-dealkylation sites (tertiary alicyclic amines) is 1. The summed E-state index contributed by atoms with van der Waals surface area (Å²) in [6.07, 6.45) is 4.28. The minimum absolute atomic E-state index is 0.0441. The van der Waals surface area contributed by atoms with Gasteiger partial charge < -0.3 is 15.4 Å². The third kappa shape index (κ3) is 4.50. The second-order valence-corrected chi connectivity index (χ2v) is 7.34. The molecule has 0 aromatic carbocycles. The Labute approximate surface area is 160 Å². The summed E-state index contributed by atoms with van der Waals surface area (Å²) in [6, 6.07) is 0.0907. The number of carbonyl (C=O) groups is 2. The quantitative estimate of drug-likeness (QED) is 0.762. The minimum atomic E-state index is -0.196. The van der Waals surface area contributed by atoms with Gasteiger partial charge in [0.1, 0.15) is 0 Å². The molecule has 0 radical (unpaired) electrons. The summed E-state index contributed by atoms with van der Waals surface area (Å²) in [5.74, 6) is -0.0589. The number of amides is 2. The Morgan fingerprint density at radius 2 is 2.04 bits per heavy atom. The van der Waals surface area contributed by atoms with Gasteiger partial charge in [-0.1, -0.05) is 0 Å². The summed E-state index contributed by atoms with van der Waals surface area (Å²) in [7, 11) is 0. The topological polar surface area (TPSA) is 88.5 Å². The maximum Gasteiger partial charge on any atom is 0.255 e. The Balaban J connectivity index is 1.69. The predicted molar refractivity (Wildman–Crippen MR) is 102 cm³/mol. The van der Waals surface area contributed by atoms with Gasteiger partial charge in [-0.25, -0.2) is 0 Å². The first kappa shape index (κ1) is 19.8. The molecule has 1 aromatic heterocycles. The highest BCUT2D eigenvalue weighted by Crippen LogP contribution is 2.26. The number of rotatable bonds is 6. The molecule has 2 saturated heterocycles. The lowest BCUT2D eigenvalue weighted by atomic mass is 10.1. The van der Waals surface area contributed by atoms with Gasteiger partial charge in [0.2, 0.25) is 5.91 Å². The monoisotopic (exact) mass is 377 g/mol. The molecule has 2 aliphatic rings. The van der Waals surface area contributed by atoms with Crippen molar-refractivity contribution >= 4 is 11.8 Å². The number of hydrogen-bond donors (Lipinski definition) is 2. The average Bonchev–Trinajstić information content (AvgIpc) is 3.26. The van der Waals surface area contributed by atoms with Gasteiger partial charge in [0.05, 0.1) is 17.3 Å². The van der Waals surface area contributed by atoms with Crippen LogP contribution < -0.4 is 10.6 Å². The van der Waals surface area contributed by atoms with E-state index in [0.717, 1.165) is 38.3 Å². The van der Waals surface area contributed by atoms with Crippen molar-refractivity contribution in [2.75, 3.05) is 26.3 Å². The maximum atomic E-state index is 12.7. The fourth-order valence-corrected chi connectivity index (χ4v) is 4.10. The molecule has 2 aliphatic heterocycles. The Hall–Kier alpha value is -1.93. The molecule has 1 aromatic rings. The molecule has 0 bridgehead atoms. The van der Waals surface area contributed by atoms with Crippen LogP contribution in [0.1, 0.15) is 49.2 Å². The Morgan fingerprint density at radius 3 is 2.67 bits per heavy atom. The van der Waals surface area contributed by atoms with Gasteiger partial charge in [-0.3, -0.25) is 19.2 Å². The van der Waals surface area contributed by atoms with Crippen LogP contribution in [0.2, 0.25) is 0 Å². The van der Waals surface area contributed by atoms with Crippen LogP contribution in [0.4, 0.5) is 0 Å². The highest BCUT2D eigenvalue weighted by molar-refractivity contribution is 5.95. The van der Waals surface area contributed by atoms with E-state index in [-0.39, 0.29) is 23.9 Å². The number of nitrogens with zero attached hydrogens (tertiary/aromatic N) is 3. The van der Waals surface area contributed by atoms with E-state index >= 15 is 0 Å². The lowest BCUT2D eigenvalue weighted by Crippen LogP contribution is -2.49. The molecular weight excluding hydrogens is 346 g/mol. The summed E-state index contributed by atoms with van der Waals surface area (Å²) >= 11 is 0. The van der Waals surface area contributed by atoms with Crippen LogP contribution in [0, 0.1) is 6.92 Å². The van der Waals surface area contributed by atoms with E-state index in [4.69, 9.17) is 4.74 Å². The Kier molecular flexibility index (Phi) is 6.49. The smallest absolute Gasteiger partial charge is 0.255 e. The van der Waals surface area contributed by atoms with Gasteiger partial charge in [0.25, 0.3) is 5.91 Å². The number of carbonyl (C=O) groups excluding carboxylic acids is 2. The molecule has 2 amide bonds. The van der Waals surface area contributed by atoms with Crippen molar-refractivity contribution in [2.45, 2.75) is 64.7 Å². The molecule has 0 unspecified atom stereocenters. The summed E-state index contributed by atoms with van der Waals surface area (Å²) in [5.41, 5.74) is 1.34. The predicted octanol–water partition coefficient (Wildman–Crippen LogP) is 0.699. The van der Waals surface area contributed by atoms with Gasteiger partial charge in [-0.05, 0) is 40.0 Å². The molecule has 2 fully saturated rings. The van der Waals surface area contributed by atoms with Crippen molar-refractivity contribution < 1.29 is 14.3 Å². The number of hydrogen-bond acceptors (Lipinski definition) is 5. The Bertz CT molecular complexity index is 668. The van der Waals surface area contributed by atoms with E-state index in [9.17, 15) is 9.59 Å². The first-order chi connectivity index (χ1) is 13.0. The van der Waals surface area contributed by atoms with Crippen molar-refractivity contribution in [3.05, 3.63) is 17.5 Å². The van der Waals surface area contributed by atoms with Crippen molar-refractivity contribution in [1.29, 1.82) is 0 Å². The van der Waals surface area contributed by atoms with E-state index in [1.54, 1.807) is 10.9 Å². The van der Waals surface area contributed by atoms with Crippen molar-refractivity contribution in [1.82, 2.24) is 25.3 Å². The van der Waals surface area contributed by atoms with Gasteiger partial charge in [0, 0.05) is 51.1 Å². The van der Waals surface area contributed by atoms with Crippen LogP contribution >= 0.6 is 0 Å². The van der Waals surface area contributed by atoms with E-state index in [0.29, 0.717) is 31.1 Å². The zero-order chi connectivity index (χ0) is 19.4. The number of likely N-dealkylation sites (N-methyl/N-ethyl adjacent to an activating group) is 1. The molecular formula is C19H31N5O3. The molecule has 0 saturated carbocycles. The largest absolute Gasteiger partial charge is 0.381 e. The summed E-state index contributed by atoms with van der Waals surface area (Å²) in [5, 5.41) is 10.4. The second-order valence-electron chi connectivity index (χ2n) is 7.34. The standard InChI is InChI=1S/C19H31N5O3/c1-4-20-19(26)17-10-14(11-24(17)15-6-8-27-9-7-15)21-18(25)16-12-23(5-2)22-13(16)3/h12,14-15,17H,4-11H2,1-3H3,(H,20,26)(H,21,25)/t14-,17-/m0/s1. The zero-order valence-electron chi connectivity index (χ0n) is 16.5. The zero-order valence-corrected chi connectivity index (χ0v) is 16.5. The number of aryl methyl sites for hydroxylation is 2. The van der Waals surface area contributed by atoms with Gasteiger partial charge >= 0.3 is 0 Å². The molecule has 3 heterocycles. The van der Waals surface area contributed by atoms with Crippen LogP contribution in [0.15, 0.2) is 6.20 Å². The molecule has 2 N–H and O–H groups in total. The maximum absolute atomic E-state index is 12.7. The molecule has 150 valence electrons.